The van der Waals surface area contributed by atoms with Gasteiger partial charge in [0.15, 0.2) is 0 Å². The van der Waals surface area contributed by atoms with Gasteiger partial charge in [-0.15, -0.1) is 0 Å². The first-order valence-electron chi connectivity index (χ1n) is 5.77. The molecule has 92 valence electrons. The van der Waals surface area contributed by atoms with E-state index in [0.29, 0.717) is 25.4 Å². The first-order chi connectivity index (χ1) is 7.63. The topological polar surface area (TPSA) is 69.6 Å². The zero-order chi connectivity index (χ0) is 12.0. The van der Waals surface area contributed by atoms with Gasteiger partial charge in [-0.2, -0.15) is 0 Å². The Morgan fingerprint density at radius 1 is 1.50 bits per heavy atom. The Morgan fingerprint density at radius 3 is 2.88 bits per heavy atom. The molecule has 0 aromatic carbocycles. The fourth-order valence-electron chi connectivity index (χ4n) is 2.12. The summed E-state index contributed by atoms with van der Waals surface area (Å²) in [6, 6.07) is 0. The molecule has 0 saturated carbocycles. The standard InChI is InChI=1S/C11H20N2O3/c1-12-7-10(14)13-6-2-3-9(8-13)4-5-11(15)16/h9,12H,2-8H2,1H3,(H,15,16). The van der Waals surface area contributed by atoms with Crippen LogP contribution in [0.4, 0.5) is 0 Å². The number of carboxylic acid groups (broad SMARTS) is 1. The molecule has 0 spiro atoms. The van der Waals surface area contributed by atoms with E-state index >= 15 is 0 Å². The molecule has 16 heavy (non-hydrogen) atoms. The third-order valence-electron chi connectivity index (χ3n) is 2.97. The molecule has 1 saturated heterocycles. The Kier molecular flexibility index (Phi) is 5.25. The van der Waals surface area contributed by atoms with Gasteiger partial charge >= 0.3 is 5.97 Å². The maximum atomic E-state index is 11.6. The van der Waals surface area contributed by atoms with Crippen molar-refractivity contribution >= 4 is 11.9 Å². The lowest BCUT2D eigenvalue weighted by atomic mass is 9.93. The zero-order valence-corrected chi connectivity index (χ0v) is 9.74. The van der Waals surface area contributed by atoms with Crippen molar-refractivity contribution in [1.82, 2.24) is 10.2 Å². The Hall–Kier alpha value is -1.10. The predicted octanol–water partition coefficient (Wildman–Crippen LogP) is 0.309. The SMILES string of the molecule is CNCC(=O)N1CCCC(CCC(=O)O)C1. The van der Waals surface area contributed by atoms with E-state index < -0.39 is 5.97 Å². The molecule has 1 aliphatic heterocycles. The molecule has 1 fully saturated rings. The quantitative estimate of drug-likeness (QED) is 0.710. The van der Waals surface area contributed by atoms with Gasteiger partial charge in [-0.1, -0.05) is 0 Å². The molecule has 1 aliphatic rings. The second kappa shape index (κ2) is 6.48. The molecule has 0 radical (unpaired) electrons. The summed E-state index contributed by atoms with van der Waals surface area (Å²) in [5.74, 6) is -0.285. The predicted molar refractivity (Wildman–Crippen MR) is 60.1 cm³/mol. The van der Waals surface area contributed by atoms with Gasteiger partial charge < -0.3 is 15.3 Å². The van der Waals surface area contributed by atoms with Gasteiger partial charge in [0.1, 0.15) is 0 Å². The van der Waals surface area contributed by atoms with Crippen LogP contribution in [0.15, 0.2) is 0 Å². The largest absolute Gasteiger partial charge is 0.481 e. The fourth-order valence-corrected chi connectivity index (χ4v) is 2.12. The minimum Gasteiger partial charge on any atom is -0.481 e. The number of hydrogen-bond acceptors (Lipinski definition) is 3. The highest BCUT2D eigenvalue weighted by Gasteiger charge is 2.23. The van der Waals surface area contributed by atoms with E-state index in [9.17, 15) is 9.59 Å². The number of piperidine rings is 1. The molecule has 0 aromatic rings. The second-order valence-corrected chi connectivity index (χ2v) is 4.31. The number of hydrogen-bond donors (Lipinski definition) is 2. The van der Waals surface area contributed by atoms with Crippen molar-refractivity contribution in [2.24, 2.45) is 5.92 Å². The van der Waals surface area contributed by atoms with Crippen molar-refractivity contribution in [3.63, 3.8) is 0 Å². The molecule has 1 unspecified atom stereocenters. The molecule has 5 nitrogen and oxygen atoms in total. The van der Waals surface area contributed by atoms with Gasteiger partial charge in [0, 0.05) is 19.5 Å². The highest BCUT2D eigenvalue weighted by molar-refractivity contribution is 5.78. The lowest BCUT2D eigenvalue weighted by Gasteiger charge is -2.32. The van der Waals surface area contributed by atoms with E-state index in [2.05, 4.69) is 5.32 Å². The third-order valence-corrected chi connectivity index (χ3v) is 2.97. The lowest BCUT2D eigenvalue weighted by Crippen LogP contribution is -2.43. The number of likely N-dealkylation sites (N-methyl/N-ethyl adjacent to an activating group) is 1. The van der Waals surface area contributed by atoms with Crippen LogP contribution in [0, 0.1) is 5.92 Å². The van der Waals surface area contributed by atoms with E-state index in [1.165, 1.54) is 0 Å². The van der Waals surface area contributed by atoms with Gasteiger partial charge in [0.2, 0.25) is 5.91 Å². The molecule has 0 aliphatic carbocycles. The van der Waals surface area contributed by atoms with Crippen LogP contribution in [-0.4, -0.2) is 48.6 Å². The molecule has 5 heteroatoms. The van der Waals surface area contributed by atoms with Crippen molar-refractivity contribution in [3.8, 4) is 0 Å². The lowest BCUT2D eigenvalue weighted by molar-refractivity contribution is -0.137. The van der Waals surface area contributed by atoms with Crippen LogP contribution in [-0.2, 0) is 9.59 Å². The minimum atomic E-state index is -0.751. The maximum Gasteiger partial charge on any atom is 0.303 e. The van der Waals surface area contributed by atoms with Crippen molar-refractivity contribution < 1.29 is 14.7 Å². The molecule has 1 heterocycles. The number of aliphatic carboxylic acids is 1. The summed E-state index contributed by atoms with van der Waals surface area (Å²) in [5, 5.41) is 11.5. The summed E-state index contributed by atoms with van der Waals surface area (Å²) < 4.78 is 0. The number of nitrogens with one attached hydrogen (secondary N) is 1. The number of amides is 1. The van der Waals surface area contributed by atoms with Crippen LogP contribution in [0.3, 0.4) is 0 Å². The Labute approximate surface area is 95.8 Å². The van der Waals surface area contributed by atoms with Crippen molar-refractivity contribution in [2.45, 2.75) is 25.7 Å². The summed E-state index contributed by atoms with van der Waals surface area (Å²) in [6.07, 6.45) is 2.91. The van der Waals surface area contributed by atoms with Crippen LogP contribution in [0.2, 0.25) is 0 Å². The van der Waals surface area contributed by atoms with E-state index in [1.807, 2.05) is 4.90 Å². The van der Waals surface area contributed by atoms with E-state index in [0.717, 1.165) is 19.4 Å². The number of carbonyl (C=O) groups excluding carboxylic acids is 1. The summed E-state index contributed by atoms with van der Waals surface area (Å²) in [5.41, 5.74) is 0. The molecular weight excluding hydrogens is 208 g/mol. The number of carboxylic acids is 1. The van der Waals surface area contributed by atoms with E-state index in [4.69, 9.17) is 5.11 Å². The number of nitrogens with zero attached hydrogens (tertiary/aromatic N) is 1. The van der Waals surface area contributed by atoms with Crippen molar-refractivity contribution in [1.29, 1.82) is 0 Å². The maximum absolute atomic E-state index is 11.6. The van der Waals surface area contributed by atoms with Gasteiger partial charge in [-0.05, 0) is 32.2 Å². The summed E-state index contributed by atoms with van der Waals surface area (Å²) >= 11 is 0. The Balaban J connectivity index is 2.34. The average Bonchev–Trinajstić information content (AvgIpc) is 2.27. The molecule has 1 rings (SSSR count). The Bertz CT molecular complexity index is 256. The summed E-state index contributed by atoms with van der Waals surface area (Å²) in [6.45, 7) is 1.89. The minimum absolute atomic E-state index is 0.113. The normalized spacial score (nSPS) is 20.8. The van der Waals surface area contributed by atoms with Gasteiger partial charge in [0.25, 0.3) is 0 Å². The first-order valence-corrected chi connectivity index (χ1v) is 5.77. The monoisotopic (exact) mass is 228 g/mol. The number of likely N-dealkylation sites (tertiary alicyclic amines) is 1. The van der Waals surface area contributed by atoms with Crippen molar-refractivity contribution in [2.75, 3.05) is 26.7 Å². The summed E-state index contributed by atoms with van der Waals surface area (Å²) in [4.78, 5) is 23.9. The molecule has 1 atom stereocenters. The van der Waals surface area contributed by atoms with E-state index in [-0.39, 0.29) is 12.3 Å². The van der Waals surface area contributed by atoms with Crippen LogP contribution < -0.4 is 5.32 Å². The van der Waals surface area contributed by atoms with Gasteiger partial charge in [0.05, 0.1) is 6.54 Å². The van der Waals surface area contributed by atoms with Crippen LogP contribution in [0.1, 0.15) is 25.7 Å². The molecular formula is C11H20N2O3. The Morgan fingerprint density at radius 2 is 2.25 bits per heavy atom. The van der Waals surface area contributed by atoms with E-state index in [1.54, 1.807) is 7.05 Å². The smallest absolute Gasteiger partial charge is 0.303 e. The molecule has 0 aromatic heterocycles. The first kappa shape index (κ1) is 13.0. The highest BCUT2D eigenvalue weighted by Crippen LogP contribution is 2.20. The zero-order valence-electron chi connectivity index (χ0n) is 9.74. The number of carbonyl (C=O) groups is 2. The van der Waals surface area contributed by atoms with Gasteiger partial charge in [-0.25, -0.2) is 0 Å². The third kappa shape index (κ3) is 4.18. The fraction of sp³-hybridized carbons (Fsp3) is 0.818. The average molecular weight is 228 g/mol. The molecule has 2 N–H and O–H groups in total. The van der Waals surface area contributed by atoms with Crippen molar-refractivity contribution in [3.05, 3.63) is 0 Å². The van der Waals surface area contributed by atoms with Gasteiger partial charge in [-0.3, -0.25) is 9.59 Å². The van der Waals surface area contributed by atoms with Crippen LogP contribution in [0.5, 0.6) is 0 Å². The highest BCUT2D eigenvalue weighted by atomic mass is 16.4. The van der Waals surface area contributed by atoms with Crippen LogP contribution >= 0.6 is 0 Å². The summed E-state index contributed by atoms with van der Waals surface area (Å²) in [7, 11) is 1.75. The second-order valence-electron chi connectivity index (χ2n) is 4.31. The van der Waals surface area contributed by atoms with Crippen LogP contribution in [0.25, 0.3) is 0 Å². The molecule has 0 bridgehead atoms. The molecule has 1 amide bonds. The number of rotatable bonds is 5.